The molecule has 0 saturated heterocycles. The zero-order chi connectivity index (χ0) is 22.0. The normalized spacial score (nSPS) is 13.8. The van der Waals surface area contributed by atoms with Gasteiger partial charge < -0.3 is 4.90 Å². The van der Waals surface area contributed by atoms with Gasteiger partial charge in [-0.25, -0.2) is 13.1 Å². The van der Waals surface area contributed by atoms with E-state index in [1.807, 2.05) is 30.0 Å². The smallest absolute Gasteiger partial charge is 0.241 e. The van der Waals surface area contributed by atoms with Gasteiger partial charge in [0.15, 0.2) is 0 Å². The SMILES string of the molecule is Cc1ncc2c(c1CNS(=O)(=O)c1ccsc1)CCN(C(=O)Cc1ccccc1Cl)C2. The standard InChI is InChI=1S/C22H22ClN3O3S2/c1-15-20(12-25-31(28,29)18-7-9-30-14-18)19-6-8-26(13-17(19)11-24-15)22(27)10-16-4-2-3-5-21(16)23/h2-5,7,9,11,14,25H,6,8,10,12-13H2,1H3. The molecule has 3 aromatic rings. The zero-order valence-corrected chi connectivity index (χ0v) is 19.4. The summed E-state index contributed by atoms with van der Waals surface area (Å²) >= 11 is 7.54. The Hall–Kier alpha value is -2.26. The molecule has 1 amide bonds. The van der Waals surface area contributed by atoms with Gasteiger partial charge in [-0.2, -0.15) is 11.3 Å². The number of nitrogens with one attached hydrogen (secondary N) is 1. The van der Waals surface area contributed by atoms with E-state index in [1.165, 1.54) is 11.3 Å². The molecule has 4 rings (SSSR count). The molecule has 0 atom stereocenters. The predicted molar refractivity (Wildman–Crippen MR) is 122 cm³/mol. The lowest BCUT2D eigenvalue weighted by Crippen LogP contribution is -2.38. The van der Waals surface area contributed by atoms with Crippen LogP contribution in [0.25, 0.3) is 0 Å². The molecule has 0 spiro atoms. The molecule has 31 heavy (non-hydrogen) atoms. The first-order valence-electron chi connectivity index (χ1n) is 9.84. The molecule has 0 radical (unpaired) electrons. The number of carbonyl (C=O) groups excluding carboxylic acids is 1. The number of hydrogen-bond acceptors (Lipinski definition) is 5. The second-order valence-corrected chi connectivity index (χ2v) is 10.4. The first-order valence-corrected chi connectivity index (χ1v) is 12.6. The van der Waals surface area contributed by atoms with Crippen molar-refractivity contribution in [3.05, 3.63) is 80.3 Å². The molecule has 0 bridgehead atoms. The second kappa shape index (κ2) is 9.08. The van der Waals surface area contributed by atoms with Crippen LogP contribution in [-0.2, 0) is 40.7 Å². The quantitative estimate of drug-likeness (QED) is 0.589. The Bertz CT molecular complexity index is 1210. The number of benzene rings is 1. The lowest BCUT2D eigenvalue weighted by Gasteiger charge is -2.30. The van der Waals surface area contributed by atoms with E-state index in [1.54, 1.807) is 29.1 Å². The Balaban J connectivity index is 1.49. The number of sulfonamides is 1. The molecule has 1 aromatic carbocycles. The summed E-state index contributed by atoms with van der Waals surface area (Å²) in [5, 5.41) is 3.93. The summed E-state index contributed by atoms with van der Waals surface area (Å²) in [6, 6.07) is 8.94. The minimum Gasteiger partial charge on any atom is -0.338 e. The van der Waals surface area contributed by atoms with Crippen LogP contribution in [0.1, 0.15) is 27.9 Å². The first-order chi connectivity index (χ1) is 14.8. The molecule has 1 aliphatic rings. The van der Waals surface area contributed by atoms with E-state index in [2.05, 4.69) is 9.71 Å². The first kappa shape index (κ1) is 22.0. The van der Waals surface area contributed by atoms with Crippen LogP contribution >= 0.6 is 22.9 Å². The summed E-state index contributed by atoms with van der Waals surface area (Å²) in [7, 11) is -3.57. The van der Waals surface area contributed by atoms with Crippen LogP contribution in [0.5, 0.6) is 0 Å². The minimum absolute atomic E-state index is 0.0130. The number of pyridine rings is 1. The van der Waals surface area contributed by atoms with Gasteiger partial charge in [0.2, 0.25) is 15.9 Å². The van der Waals surface area contributed by atoms with Gasteiger partial charge in [0.05, 0.1) is 11.3 Å². The average Bonchev–Trinajstić information content (AvgIpc) is 3.30. The van der Waals surface area contributed by atoms with E-state index in [9.17, 15) is 13.2 Å². The van der Waals surface area contributed by atoms with Crippen molar-refractivity contribution in [2.45, 2.75) is 37.8 Å². The Kier molecular flexibility index (Phi) is 6.43. The number of aryl methyl sites for hydroxylation is 1. The van der Waals surface area contributed by atoms with Crippen molar-refractivity contribution in [2.75, 3.05) is 6.54 Å². The van der Waals surface area contributed by atoms with Crippen LogP contribution in [-0.4, -0.2) is 30.8 Å². The minimum atomic E-state index is -3.57. The number of fused-ring (bicyclic) bond motifs is 1. The van der Waals surface area contributed by atoms with Gasteiger partial charge in [0.25, 0.3) is 0 Å². The van der Waals surface area contributed by atoms with Crippen molar-refractivity contribution in [3.8, 4) is 0 Å². The fraction of sp³-hybridized carbons (Fsp3) is 0.273. The second-order valence-electron chi connectivity index (χ2n) is 7.44. The summed E-state index contributed by atoms with van der Waals surface area (Å²) in [4.78, 5) is 19.4. The maximum atomic E-state index is 12.8. The third kappa shape index (κ3) is 4.82. The van der Waals surface area contributed by atoms with Crippen LogP contribution in [0.4, 0.5) is 0 Å². The molecule has 0 unspecified atom stereocenters. The van der Waals surface area contributed by atoms with Crippen molar-refractivity contribution >= 4 is 38.9 Å². The fourth-order valence-corrected chi connectivity index (χ4v) is 5.97. The lowest BCUT2D eigenvalue weighted by atomic mass is 9.94. The molecule has 0 aliphatic carbocycles. The van der Waals surface area contributed by atoms with Crippen LogP contribution in [0, 0.1) is 6.92 Å². The van der Waals surface area contributed by atoms with Gasteiger partial charge in [-0.15, -0.1) is 0 Å². The van der Waals surface area contributed by atoms with E-state index >= 15 is 0 Å². The number of nitrogens with zero attached hydrogens (tertiary/aromatic N) is 2. The number of amides is 1. The van der Waals surface area contributed by atoms with E-state index in [0.717, 1.165) is 27.9 Å². The molecular weight excluding hydrogens is 454 g/mol. The van der Waals surface area contributed by atoms with E-state index < -0.39 is 10.0 Å². The summed E-state index contributed by atoms with van der Waals surface area (Å²) < 4.78 is 27.7. The third-order valence-electron chi connectivity index (χ3n) is 5.49. The van der Waals surface area contributed by atoms with Crippen LogP contribution in [0.15, 0.2) is 52.2 Å². The highest BCUT2D eigenvalue weighted by Crippen LogP contribution is 2.26. The van der Waals surface area contributed by atoms with Crippen LogP contribution in [0.3, 0.4) is 0 Å². The Morgan fingerprint density at radius 1 is 1.29 bits per heavy atom. The van der Waals surface area contributed by atoms with Gasteiger partial charge in [0.1, 0.15) is 0 Å². The van der Waals surface area contributed by atoms with Crippen LogP contribution in [0.2, 0.25) is 5.02 Å². The summed E-state index contributed by atoms with van der Waals surface area (Å²) in [6.45, 7) is 3.08. The van der Waals surface area contributed by atoms with Crippen molar-refractivity contribution in [3.63, 3.8) is 0 Å². The van der Waals surface area contributed by atoms with E-state index in [0.29, 0.717) is 24.5 Å². The highest BCUT2D eigenvalue weighted by Gasteiger charge is 2.25. The average molecular weight is 476 g/mol. The maximum Gasteiger partial charge on any atom is 0.241 e. The lowest BCUT2D eigenvalue weighted by molar-refractivity contribution is -0.131. The number of aromatic nitrogens is 1. The Morgan fingerprint density at radius 2 is 2.10 bits per heavy atom. The molecule has 1 N–H and O–H groups in total. The molecule has 2 aromatic heterocycles. The molecular formula is C22H22ClN3O3S2. The van der Waals surface area contributed by atoms with Crippen molar-refractivity contribution < 1.29 is 13.2 Å². The van der Waals surface area contributed by atoms with Gasteiger partial charge in [-0.3, -0.25) is 9.78 Å². The fourth-order valence-electron chi connectivity index (χ4n) is 3.74. The predicted octanol–water partition coefficient (Wildman–Crippen LogP) is 3.71. The van der Waals surface area contributed by atoms with Gasteiger partial charge >= 0.3 is 0 Å². The van der Waals surface area contributed by atoms with Crippen molar-refractivity contribution in [1.82, 2.24) is 14.6 Å². The van der Waals surface area contributed by atoms with Gasteiger partial charge in [0, 0.05) is 41.9 Å². The van der Waals surface area contributed by atoms with Crippen LogP contribution < -0.4 is 4.72 Å². The molecule has 3 heterocycles. The van der Waals surface area contributed by atoms with Crippen molar-refractivity contribution in [2.24, 2.45) is 0 Å². The molecule has 9 heteroatoms. The number of hydrogen-bond donors (Lipinski definition) is 1. The van der Waals surface area contributed by atoms with Crippen molar-refractivity contribution in [1.29, 1.82) is 0 Å². The zero-order valence-electron chi connectivity index (χ0n) is 17.0. The molecule has 162 valence electrons. The van der Waals surface area contributed by atoms with E-state index in [-0.39, 0.29) is 23.8 Å². The number of halogens is 1. The van der Waals surface area contributed by atoms with Gasteiger partial charge in [-0.1, -0.05) is 29.8 Å². The number of carbonyl (C=O) groups is 1. The largest absolute Gasteiger partial charge is 0.338 e. The van der Waals surface area contributed by atoms with Gasteiger partial charge in [-0.05, 0) is 53.1 Å². The summed E-state index contributed by atoms with van der Waals surface area (Å²) in [5.74, 6) is 0.0130. The Morgan fingerprint density at radius 3 is 2.84 bits per heavy atom. The third-order valence-corrected chi connectivity index (χ3v) is 8.09. The monoisotopic (exact) mass is 475 g/mol. The van der Waals surface area contributed by atoms with E-state index in [4.69, 9.17) is 11.6 Å². The number of thiophene rings is 1. The molecule has 0 fully saturated rings. The summed E-state index contributed by atoms with van der Waals surface area (Å²) in [5.41, 5.74) is 4.51. The molecule has 1 aliphatic heterocycles. The molecule has 6 nitrogen and oxygen atoms in total. The highest BCUT2D eigenvalue weighted by molar-refractivity contribution is 7.89. The maximum absolute atomic E-state index is 12.8. The topological polar surface area (TPSA) is 79.4 Å². The molecule has 0 saturated carbocycles. The highest BCUT2D eigenvalue weighted by atomic mass is 35.5. The Labute approximate surface area is 190 Å². The number of rotatable bonds is 6. The summed E-state index contributed by atoms with van der Waals surface area (Å²) in [6.07, 6.45) is 2.69.